The van der Waals surface area contributed by atoms with Crippen molar-refractivity contribution in [1.82, 2.24) is 15.3 Å². The lowest BCUT2D eigenvalue weighted by atomic mass is 10.1. The quantitative estimate of drug-likeness (QED) is 0.294. The number of nitrogens with zero attached hydrogens (tertiary/aromatic N) is 2. The van der Waals surface area contributed by atoms with Crippen LogP contribution in [0.1, 0.15) is 34.4 Å². The predicted molar refractivity (Wildman–Crippen MR) is 126 cm³/mol. The molecule has 0 bridgehead atoms. The first-order valence-electron chi connectivity index (χ1n) is 11.1. The Morgan fingerprint density at radius 2 is 1.76 bits per heavy atom. The lowest BCUT2D eigenvalue weighted by molar-refractivity contribution is -0.159. The third-order valence-corrected chi connectivity index (χ3v) is 5.36. The van der Waals surface area contributed by atoms with Gasteiger partial charge in [-0.15, -0.1) is 0 Å². The molecule has 1 amide bonds. The van der Waals surface area contributed by atoms with Gasteiger partial charge in [0.15, 0.2) is 11.5 Å². The number of benzene rings is 2. The van der Waals surface area contributed by atoms with E-state index in [0.717, 1.165) is 6.07 Å². The highest BCUT2D eigenvalue weighted by Crippen LogP contribution is 2.37. The maximum Gasteiger partial charge on any atom is 0.433 e. The SMILES string of the molecule is COc1ccc(-c2nc(C(=O)NCc3ccccc3OC(C)(F)F)c(CN)o2)c2ccc(C(F)(F)F)nc12. The summed E-state index contributed by atoms with van der Waals surface area (Å²) in [6.45, 7) is 0.199. The molecule has 2 aromatic carbocycles. The minimum Gasteiger partial charge on any atom is -0.494 e. The highest BCUT2D eigenvalue weighted by atomic mass is 19.4. The number of hydrogen-bond donors (Lipinski definition) is 2. The molecular formula is C25H21F5N4O4. The van der Waals surface area contributed by atoms with Crippen LogP contribution in [0.4, 0.5) is 22.0 Å². The standard InChI is InChI=1S/C25H21F5N4O4/c1-24(26,27)38-16-6-4-3-5-13(16)12-32-22(35)21-18(11-31)37-23(34-21)15-7-9-17(36-2)20-14(15)8-10-19(33-20)25(28,29)30/h3-10H,11-12,31H2,1-2H3,(H,32,35). The van der Waals surface area contributed by atoms with E-state index < -0.39 is 23.9 Å². The van der Waals surface area contributed by atoms with Gasteiger partial charge in [0.25, 0.3) is 5.91 Å². The van der Waals surface area contributed by atoms with Crippen molar-refractivity contribution in [2.24, 2.45) is 5.73 Å². The first-order valence-corrected chi connectivity index (χ1v) is 11.1. The van der Waals surface area contributed by atoms with Crippen LogP contribution in [-0.4, -0.2) is 29.1 Å². The number of carbonyl (C=O) groups excluding carboxylic acids is 1. The maximum absolute atomic E-state index is 13.3. The number of alkyl halides is 5. The maximum atomic E-state index is 13.3. The van der Waals surface area contributed by atoms with E-state index in [9.17, 15) is 26.7 Å². The van der Waals surface area contributed by atoms with Crippen LogP contribution >= 0.6 is 0 Å². The molecule has 3 N–H and O–H groups in total. The summed E-state index contributed by atoms with van der Waals surface area (Å²) in [5.41, 5.74) is 4.90. The smallest absolute Gasteiger partial charge is 0.433 e. The molecule has 0 fully saturated rings. The highest BCUT2D eigenvalue weighted by Gasteiger charge is 2.33. The molecule has 38 heavy (non-hydrogen) atoms. The highest BCUT2D eigenvalue weighted by molar-refractivity contribution is 5.98. The molecule has 0 atom stereocenters. The molecule has 0 saturated carbocycles. The second kappa shape index (κ2) is 10.2. The second-order valence-corrected chi connectivity index (χ2v) is 8.10. The van der Waals surface area contributed by atoms with E-state index in [4.69, 9.17) is 14.9 Å². The lowest BCUT2D eigenvalue weighted by Crippen LogP contribution is -2.26. The molecule has 8 nitrogen and oxygen atoms in total. The van der Waals surface area contributed by atoms with Gasteiger partial charge in [0.2, 0.25) is 5.89 Å². The minimum absolute atomic E-state index is 0.00552. The van der Waals surface area contributed by atoms with E-state index in [1.807, 2.05) is 0 Å². The van der Waals surface area contributed by atoms with Gasteiger partial charge in [-0.25, -0.2) is 9.97 Å². The van der Waals surface area contributed by atoms with Gasteiger partial charge >= 0.3 is 12.3 Å². The van der Waals surface area contributed by atoms with Crippen molar-refractivity contribution in [3.05, 3.63) is 71.2 Å². The number of amides is 1. The predicted octanol–water partition coefficient (Wildman–Crippen LogP) is 5.30. The van der Waals surface area contributed by atoms with E-state index in [2.05, 4.69) is 20.0 Å². The zero-order valence-electron chi connectivity index (χ0n) is 20.0. The number of fused-ring (bicyclic) bond motifs is 1. The van der Waals surface area contributed by atoms with Gasteiger partial charge in [0.1, 0.15) is 22.7 Å². The molecule has 0 spiro atoms. The molecule has 0 aliphatic heterocycles. The number of pyridine rings is 1. The van der Waals surface area contributed by atoms with Crippen molar-refractivity contribution in [2.45, 2.75) is 32.3 Å². The summed E-state index contributed by atoms with van der Waals surface area (Å²) in [4.78, 5) is 20.8. The second-order valence-electron chi connectivity index (χ2n) is 8.10. The number of hydrogen-bond acceptors (Lipinski definition) is 7. The molecule has 4 aromatic rings. The zero-order valence-corrected chi connectivity index (χ0v) is 20.0. The van der Waals surface area contributed by atoms with Crippen LogP contribution in [0.25, 0.3) is 22.4 Å². The molecule has 2 heterocycles. The Morgan fingerprint density at radius 3 is 2.42 bits per heavy atom. The molecule has 0 aliphatic carbocycles. The van der Waals surface area contributed by atoms with Crippen molar-refractivity contribution in [1.29, 1.82) is 0 Å². The van der Waals surface area contributed by atoms with Crippen LogP contribution in [0.15, 0.2) is 52.9 Å². The van der Waals surface area contributed by atoms with Crippen molar-refractivity contribution < 1.29 is 40.6 Å². The average Bonchev–Trinajstić information content (AvgIpc) is 3.30. The van der Waals surface area contributed by atoms with Gasteiger partial charge in [0.05, 0.1) is 13.7 Å². The Labute approximate surface area is 212 Å². The summed E-state index contributed by atoms with van der Waals surface area (Å²) in [6, 6.07) is 10.9. The topological polar surface area (TPSA) is 112 Å². The third kappa shape index (κ3) is 5.67. The molecule has 0 aliphatic rings. The van der Waals surface area contributed by atoms with Crippen molar-refractivity contribution in [3.8, 4) is 23.0 Å². The van der Waals surface area contributed by atoms with E-state index in [1.54, 1.807) is 6.07 Å². The average molecular weight is 536 g/mol. The van der Waals surface area contributed by atoms with E-state index >= 15 is 0 Å². The number of oxazole rings is 1. The van der Waals surface area contributed by atoms with Crippen LogP contribution in [0.2, 0.25) is 0 Å². The molecule has 13 heteroatoms. The first kappa shape index (κ1) is 26.8. The number of para-hydroxylation sites is 1. The van der Waals surface area contributed by atoms with E-state index in [-0.39, 0.29) is 64.0 Å². The Hall–Kier alpha value is -4.26. The summed E-state index contributed by atoms with van der Waals surface area (Å²) in [5.74, 6) is -0.813. The van der Waals surface area contributed by atoms with Crippen LogP contribution in [0.5, 0.6) is 11.5 Å². The van der Waals surface area contributed by atoms with Crippen LogP contribution in [0, 0.1) is 0 Å². The van der Waals surface area contributed by atoms with E-state index in [0.29, 0.717) is 6.92 Å². The largest absolute Gasteiger partial charge is 0.494 e. The van der Waals surface area contributed by atoms with Crippen molar-refractivity contribution in [2.75, 3.05) is 7.11 Å². The van der Waals surface area contributed by atoms with E-state index in [1.165, 1.54) is 43.5 Å². The molecule has 0 unspecified atom stereocenters. The number of halogens is 5. The number of methoxy groups -OCH3 is 1. The van der Waals surface area contributed by atoms with Gasteiger partial charge in [-0.1, -0.05) is 18.2 Å². The summed E-state index contributed by atoms with van der Waals surface area (Å²) < 4.78 is 81.9. The van der Waals surface area contributed by atoms with Crippen molar-refractivity contribution >= 4 is 16.8 Å². The summed E-state index contributed by atoms with van der Waals surface area (Å²) in [6.07, 6.45) is -8.10. The van der Waals surface area contributed by atoms with Crippen LogP contribution in [-0.2, 0) is 19.3 Å². The molecular weight excluding hydrogens is 515 g/mol. The summed E-state index contributed by atoms with van der Waals surface area (Å²) in [7, 11) is 1.29. The molecule has 200 valence electrons. The van der Waals surface area contributed by atoms with Gasteiger partial charge in [-0.3, -0.25) is 4.79 Å². The molecule has 2 aromatic heterocycles. The summed E-state index contributed by atoms with van der Waals surface area (Å²) in [5, 5.41) is 2.80. The normalized spacial score (nSPS) is 12.0. The molecule has 4 rings (SSSR count). The van der Waals surface area contributed by atoms with Crippen LogP contribution < -0.4 is 20.5 Å². The monoisotopic (exact) mass is 536 g/mol. The Bertz CT molecular complexity index is 1480. The van der Waals surface area contributed by atoms with Crippen molar-refractivity contribution in [3.63, 3.8) is 0 Å². The fourth-order valence-corrected chi connectivity index (χ4v) is 3.69. The first-order chi connectivity index (χ1) is 17.9. The number of ether oxygens (including phenoxy) is 2. The lowest BCUT2D eigenvalue weighted by Gasteiger charge is -2.16. The summed E-state index contributed by atoms with van der Waals surface area (Å²) >= 11 is 0. The Morgan fingerprint density at radius 1 is 1.03 bits per heavy atom. The Balaban J connectivity index is 1.66. The Kier molecular flexibility index (Phi) is 7.22. The minimum atomic E-state index is -4.67. The van der Waals surface area contributed by atoms with Gasteiger partial charge in [-0.2, -0.15) is 22.0 Å². The number of aromatic nitrogens is 2. The number of rotatable bonds is 8. The third-order valence-electron chi connectivity index (χ3n) is 5.36. The van der Waals surface area contributed by atoms with Gasteiger partial charge < -0.3 is 24.9 Å². The fourth-order valence-electron chi connectivity index (χ4n) is 3.69. The van der Waals surface area contributed by atoms with Gasteiger partial charge in [0, 0.05) is 30.0 Å². The number of nitrogens with one attached hydrogen (secondary N) is 1. The van der Waals surface area contributed by atoms with Gasteiger partial charge in [-0.05, 0) is 30.3 Å². The fraction of sp³-hybridized carbons (Fsp3) is 0.240. The van der Waals surface area contributed by atoms with Crippen LogP contribution in [0.3, 0.4) is 0 Å². The molecule has 0 saturated heterocycles. The number of nitrogens with two attached hydrogens (primary N) is 1. The molecule has 0 radical (unpaired) electrons. The zero-order chi connectivity index (χ0) is 27.7. The number of carbonyl (C=O) groups is 1.